The molecular formula is C8H9ClN6O. The molecule has 0 aliphatic carbocycles. The Morgan fingerprint density at radius 1 is 1.69 bits per heavy atom. The molecule has 1 atom stereocenters. The summed E-state index contributed by atoms with van der Waals surface area (Å²) in [5, 5.41) is 14.2. The third-order valence-corrected chi connectivity index (χ3v) is 2.37. The highest BCUT2D eigenvalue weighted by atomic mass is 35.5. The van der Waals surface area contributed by atoms with Crippen molar-refractivity contribution < 1.29 is 4.74 Å². The molecule has 0 amide bonds. The van der Waals surface area contributed by atoms with Crippen molar-refractivity contribution in [3.05, 3.63) is 21.7 Å². The van der Waals surface area contributed by atoms with Crippen LogP contribution in [-0.4, -0.2) is 29.5 Å². The number of aromatic nitrogens is 2. The van der Waals surface area contributed by atoms with E-state index in [1.807, 2.05) is 0 Å². The summed E-state index contributed by atoms with van der Waals surface area (Å²) in [5.74, 6) is 0.415. The molecule has 1 aromatic rings. The normalized spacial score (nSPS) is 18.4. The molecule has 1 aliphatic rings. The van der Waals surface area contributed by atoms with E-state index in [9.17, 15) is 0 Å². The van der Waals surface area contributed by atoms with Crippen LogP contribution < -0.4 is 5.32 Å². The summed E-state index contributed by atoms with van der Waals surface area (Å²) in [5.41, 5.74) is 8.72. The highest BCUT2D eigenvalue weighted by Gasteiger charge is 2.18. The third-order valence-electron chi connectivity index (χ3n) is 2.19. The van der Waals surface area contributed by atoms with Gasteiger partial charge in [-0.3, -0.25) is 0 Å². The van der Waals surface area contributed by atoms with Crippen molar-refractivity contribution >= 4 is 23.1 Å². The quantitative estimate of drug-likeness (QED) is 0.496. The lowest BCUT2D eigenvalue weighted by Crippen LogP contribution is -2.33. The van der Waals surface area contributed by atoms with Gasteiger partial charge in [-0.25, -0.2) is 0 Å². The Hall–Kier alpha value is -1.56. The van der Waals surface area contributed by atoms with Gasteiger partial charge in [0.15, 0.2) is 11.0 Å². The van der Waals surface area contributed by atoms with E-state index in [1.165, 1.54) is 6.07 Å². The molecule has 2 rings (SSSR count). The maximum atomic E-state index is 8.38. The summed E-state index contributed by atoms with van der Waals surface area (Å²) in [6.07, 6.45) is 1.21. The maximum absolute atomic E-state index is 8.38. The smallest absolute Gasteiger partial charge is 0.158 e. The molecule has 0 spiro atoms. The first kappa shape index (κ1) is 10.9. The molecule has 16 heavy (non-hydrogen) atoms. The van der Waals surface area contributed by atoms with E-state index in [2.05, 4.69) is 25.5 Å². The van der Waals surface area contributed by atoms with Crippen molar-refractivity contribution in [1.82, 2.24) is 10.2 Å². The molecule has 1 aromatic heterocycles. The van der Waals surface area contributed by atoms with Gasteiger partial charge in [0.05, 0.1) is 11.8 Å². The summed E-state index contributed by atoms with van der Waals surface area (Å²) in [4.78, 5) is 2.70. The molecule has 0 aromatic carbocycles. The van der Waals surface area contributed by atoms with Gasteiger partial charge in [-0.2, -0.15) is 0 Å². The van der Waals surface area contributed by atoms with E-state index in [1.54, 1.807) is 0 Å². The van der Waals surface area contributed by atoms with Gasteiger partial charge in [-0.15, -0.1) is 10.2 Å². The number of anilines is 1. The van der Waals surface area contributed by atoms with E-state index >= 15 is 0 Å². The van der Waals surface area contributed by atoms with Gasteiger partial charge in [-0.05, 0) is 18.0 Å². The number of nitrogens with one attached hydrogen (secondary N) is 1. The monoisotopic (exact) mass is 240 g/mol. The molecule has 0 radical (unpaired) electrons. The SMILES string of the molecule is [N-]=[N+]=Nc1cc(Cl)nnc1NC[C@@H]1CCO1. The first-order valence-corrected chi connectivity index (χ1v) is 5.11. The van der Waals surface area contributed by atoms with E-state index in [0.717, 1.165) is 13.0 Å². The highest BCUT2D eigenvalue weighted by Crippen LogP contribution is 2.25. The molecule has 1 saturated heterocycles. The Bertz CT molecular complexity index is 429. The molecular weight excluding hydrogens is 232 g/mol. The number of halogens is 1. The average molecular weight is 241 g/mol. The van der Waals surface area contributed by atoms with Crippen LogP contribution in [0.25, 0.3) is 10.4 Å². The van der Waals surface area contributed by atoms with Crippen LogP contribution in [0.2, 0.25) is 5.15 Å². The number of nitrogens with zero attached hydrogens (tertiary/aromatic N) is 5. The fourth-order valence-electron chi connectivity index (χ4n) is 1.27. The van der Waals surface area contributed by atoms with Crippen molar-refractivity contribution in [1.29, 1.82) is 0 Å². The fraction of sp³-hybridized carbons (Fsp3) is 0.500. The number of hydrogen-bond acceptors (Lipinski definition) is 5. The van der Waals surface area contributed by atoms with Gasteiger partial charge < -0.3 is 10.1 Å². The molecule has 1 aliphatic heterocycles. The predicted molar refractivity (Wildman–Crippen MR) is 58.7 cm³/mol. The molecule has 8 heteroatoms. The van der Waals surface area contributed by atoms with Crippen LogP contribution in [0.5, 0.6) is 0 Å². The van der Waals surface area contributed by atoms with Crippen molar-refractivity contribution in [3.63, 3.8) is 0 Å². The Kier molecular flexibility index (Phi) is 3.40. The lowest BCUT2D eigenvalue weighted by Gasteiger charge is -2.26. The lowest BCUT2D eigenvalue weighted by atomic mass is 10.2. The van der Waals surface area contributed by atoms with Gasteiger partial charge >= 0.3 is 0 Å². The largest absolute Gasteiger partial charge is 0.376 e. The minimum atomic E-state index is 0.188. The van der Waals surface area contributed by atoms with Gasteiger partial charge in [0.25, 0.3) is 0 Å². The lowest BCUT2D eigenvalue weighted by molar-refractivity contribution is -0.0410. The number of ether oxygens (including phenoxy) is 1. The van der Waals surface area contributed by atoms with Crippen LogP contribution in [0, 0.1) is 0 Å². The van der Waals surface area contributed by atoms with Crippen LogP contribution in [0.3, 0.4) is 0 Å². The standard InChI is InChI=1S/C8H9ClN6O/c9-7-3-6(12-15-10)8(14-13-7)11-4-5-1-2-16-5/h3,5H,1-2,4H2,(H,11,14)/t5-/m0/s1. The minimum Gasteiger partial charge on any atom is -0.376 e. The van der Waals surface area contributed by atoms with Crippen LogP contribution in [0.1, 0.15) is 6.42 Å². The zero-order valence-corrected chi connectivity index (χ0v) is 9.05. The molecule has 1 N–H and O–H groups in total. The summed E-state index contributed by atoms with van der Waals surface area (Å²) < 4.78 is 5.24. The first-order chi connectivity index (χ1) is 7.79. The van der Waals surface area contributed by atoms with Crippen LogP contribution >= 0.6 is 11.6 Å². The minimum absolute atomic E-state index is 0.188. The number of azide groups is 1. The van der Waals surface area contributed by atoms with Crippen LogP contribution in [-0.2, 0) is 4.74 Å². The summed E-state index contributed by atoms with van der Waals surface area (Å²) >= 11 is 5.64. The summed E-state index contributed by atoms with van der Waals surface area (Å²) in [6.45, 7) is 1.41. The van der Waals surface area contributed by atoms with E-state index in [0.29, 0.717) is 18.1 Å². The Balaban J connectivity index is 2.08. The van der Waals surface area contributed by atoms with Crippen molar-refractivity contribution in [2.45, 2.75) is 12.5 Å². The van der Waals surface area contributed by atoms with Gasteiger partial charge in [0, 0.05) is 18.1 Å². The molecule has 0 unspecified atom stereocenters. The molecule has 84 valence electrons. The molecule has 7 nitrogen and oxygen atoms in total. The molecule has 0 bridgehead atoms. The molecule has 0 saturated carbocycles. The van der Waals surface area contributed by atoms with Crippen LogP contribution in [0.4, 0.5) is 11.5 Å². The highest BCUT2D eigenvalue weighted by molar-refractivity contribution is 6.29. The number of rotatable bonds is 4. The van der Waals surface area contributed by atoms with Crippen molar-refractivity contribution in [2.24, 2.45) is 5.11 Å². The first-order valence-electron chi connectivity index (χ1n) is 4.73. The van der Waals surface area contributed by atoms with E-state index in [-0.39, 0.29) is 11.3 Å². The van der Waals surface area contributed by atoms with Gasteiger partial charge in [0.2, 0.25) is 0 Å². The molecule has 2 heterocycles. The van der Waals surface area contributed by atoms with E-state index in [4.69, 9.17) is 21.9 Å². The zero-order chi connectivity index (χ0) is 11.4. The van der Waals surface area contributed by atoms with E-state index < -0.39 is 0 Å². The maximum Gasteiger partial charge on any atom is 0.158 e. The second-order valence-corrected chi connectivity index (χ2v) is 3.64. The average Bonchev–Trinajstić information content (AvgIpc) is 2.19. The van der Waals surface area contributed by atoms with Crippen molar-refractivity contribution in [2.75, 3.05) is 18.5 Å². The molecule has 1 fully saturated rings. The Labute approximate surface area is 96.4 Å². The zero-order valence-electron chi connectivity index (χ0n) is 8.30. The van der Waals surface area contributed by atoms with Gasteiger partial charge in [0.1, 0.15) is 0 Å². The fourth-order valence-corrected chi connectivity index (χ4v) is 1.41. The van der Waals surface area contributed by atoms with Crippen molar-refractivity contribution in [3.8, 4) is 0 Å². The topological polar surface area (TPSA) is 95.8 Å². The Morgan fingerprint density at radius 2 is 2.50 bits per heavy atom. The number of hydrogen-bond donors (Lipinski definition) is 1. The second kappa shape index (κ2) is 4.98. The summed E-state index contributed by atoms with van der Waals surface area (Å²) in [7, 11) is 0. The Morgan fingerprint density at radius 3 is 3.12 bits per heavy atom. The van der Waals surface area contributed by atoms with Gasteiger partial charge in [-0.1, -0.05) is 16.7 Å². The predicted octanol–water partition coefficient (Wildman–Crippen LogP) is 2.27. The van der Waals surface area contributed by atoms with Crippen LogP contribution in [0.15, 0.2) is 11.2 Å². The second-order valence-electron chi connectivity index (χ2n) is 3.25. The third kappa shape index (κ3) is 2.52. The summed E-state index contributed by atoms with van der Waals surface area (Å²) in [6, 6.07) is 1.46.